The van der Waals surface area contributed by atoms with E-state index in [1.165, 1.54) is 0 Å². The summed E-state index contributed by atoms with van der Waals surface area (Å²) in [6, 6.07) is 25.0. The second-order valence-corrected chi connectivity index (χ2v) is 6.24. The van der Waals surface area contributed by atoms with Gasteiger partial charge < -0.3 is 9.47 Å². The summed E-state index contributed by atoms with van der Waals surface area (Å²) in [5.74, 6) is 1.11. The first-order valence-corrected chi connectivity index (χ1v) is 8.97. The highest BCUT2D eigenvalue weighted by molar-refractivity contribution is 5.83. The second kappa shape index (κ2) is 9.92. The lowest BCUT2D eigenvalue weighted by Crippen LogP contribution is -2.24. The van der Waals surface area contributed by atoms with Crippen LogP contribution in [0.15, 0.2) is 84.0 Å². The number of amides is 1. The minimum Gasteiger partial charge on any atom is -0.489 e. The molecule has 1 amide bonds. The minimum atomic E-state index is -0.319. The molecule has 0 radical (unpaired) electrons. The number of carbonyl (C=O) groups excluding carboxylic acids is 1. The van der Waals surface area contributed by atoms with Gasteiger partial charge in [-0.1, -0.05) is 42.5 Å². The normalized spacial score (nSPS) is 10.6. The highest BCUT2D eigenvalue weighted by atomic mass is 16.5. The van der Waals surface area contributed by atoms with Gasteiger partial charge in [0.05, 0.1) is 6.21 Å². The molecule has 0 unspecified atom stereocenters. The molecule has 0 saturated heterocycles. The highest BCUT2D eigenvalue weighted by Gasteiger charge is 2.01. The van der Waals surface area contributed by atoms with Gasteiger partial charge in [0.25, 0.3) is 5.91 Å². The Morgan fingerprint density at radius 3 is 2.46 bits per heavy atom. The summed E-state index contributed by atoms with van der Waals surface area (Å²) in [6.07, 6.45) is 1.57. The highest BCUT2D eigenvalue weighted by Crippen LogP contribution is 2.14. The SMILES string of the molecule is Cc1cccc(OCC(=O)N/N=C/c2ccc(OCc3ccccc3)cc2)c1. The standard InChI is InChI=1S/C23H22N2O3/c1-18-6-5-9-22(14-18)28-17-23(26)25-24-15-19-10-12-21(13-11-19)27-16-20-7-3-2-4-8-20/h2-15H,16-17H2,1H3,(H,25,26)/b24-15+. The van der Waals surface area contributed by atoms with Crippen LogP contribution in [-0.2, 0) is 11.4 Å². The van der Waals surface area contributed by atoms with Crippen LogP contribution in [-0.4, -0.2) is 18.7 Å². The van der Waals surface area contributed by atoms with Gasteiger partial charge in [0.15, 0.2) is 6.61 Å². The van der Waals surface area contributed by atoms with Crippen LogP contribution in [0, 0.1) is 6.92 Å². The summed E-state index contributed by atoms with van der Waals surface area (Å²) in [5, 5.41) is 3.95. The van der Waals surface area contributed by atoms with Crippen molar-refractivity contribution in [2.45, 2.75) is 13.5 Å². The predicted molar refractivity (Wildman–Crippen MR) is 110 cm³/mol. The molecule has 0 bridgehead atoms. The smallest absolute Gasteiger partial charge is 0.277 e. The number of ether oxygens (including phenoxy) is 2. The van der Waals surface area contributed by atoms with Crippen LogP contribution in [0.5, 0.6) is 11.5 Å². The van der Waals surface area contributed by atoms with Crippen molar-refractivity contribution >= 4 is 12.1 Å². The molecule has 0 aliphatic carbocycles. The lowest BCUT2D eigenvalue weighted by atomic mass is 10.2. The number of nitrogens with zero attached hydrogens (tertiary/aromatic N) is 1. The molecule has 0 atom stereocenters. The van der Waals surface area contributed by atoms with Crippen LogP contribution >= 0.6 is 0 Å². The van der Waals surface area contributed by atoms with Crippen molar-refractivity contribution in [1.29, 1.82) is 0 Å². The van der Waals surface area contributed by atoms with Crippen molar-refractivity contribution in [3.63, 3.8) is 0 Å². The second-order valence-electron chi connectivity index (χ2n) is 6.24. The third-order valence-electron chi connectivity index (χ3n) is 3.89. The number of nitrogens with one attached hydrogen (secondary N) is 1. The lowest BCUT2D eigenvalue weighted by molar-refractivity contribution is -0.123. The Bertz CT molecular complexity index is 922. The monoisotopic (exact) mass is 374 g/mol. The van der Waals surface area contributed by atoms with Crippen molar-refractivity contribution < 1.29 is 14.3 Å². The van der Waals surface area contributed by atoms with Crippen LogP contribution in [0.25, 0.3) is 0 Å². The minimum absolute atomic E-state index is 0.0902. The Balaban J connectivity index is 1.42. The summed E-state index contributed by atoms with van der Waals surface area (Å²) in [4.78, 5) is 11.8. The molecule has 0 fully saturated rings. The van der Waals surface area contributed by atoms with Crippen molar-refractivity contribution in [2.75, 3.05) is 6.61 Å². The van der Waals surface area contributed by atoms with E-state index in [4.69, 9.17) is 9.47 Å². The molecule has 0 aromatic heterocycles. The fourth-order valence-corrected chi connectivity index (χ4v) is 2.46. The molecule has 5 heteroatoms. The number of hydrazone groups is 1. The Labute approximate surface area is 164 Å². The maximum absolute atomic E-state index is 11.8. The van der Waals surface area contributed by atoms with Gasteiger partial charge in [0.1, 0.15) is 18.1 Å². The molecule has 0 aliphatic heterocycles. The van der Waals surface area contributed by atoms with E-state index in [2.05, 4.69) is 10.5 Å². The zero-order chi connectivity index (χ0) is 19.6. The van der Waals surface area contributed by atoms with E-state index in [-0.39, 0.29) is 12.5 Å². The van der Waals surface area contributed by atoms with Gasteiger partial charge in [-0.3, -0.25) is 4.79 Å². The number of rotatable bonds is 8. The average molecular weight is 374 g/mol. The van der Waals surface area contributed by atoms with Crippen LogP contribution in [0.2, 0.25) is 0 Å². The first kappa shape index (κ1) is 19.2. The van der Waals surface area contributed by atoms with E-state index in [1.54, 1.807) is 6.21 Å². The largest absolute Gasteiger partial charge is 0.489 e. The maximum Gasteiger partial charge on any atom is 0.277 e. The summed E-state index contributed by atoms with van der Waals surface area (Å²) >= 11 is 0. The number of carbonyl (C=O) groups is 1. The van der Waals surface area contributed by atoms with E-state index < -0.39 is 0 Å². The van der Waals surface area contributed by atoms with Crippen LogP contribution in [0.4, 0.5) is 0 Å². The average Bonchev–Trinajstić information content (AvgIpc) is 2.72. The van der Waals surface area contributed by atoms with Crippen LogP contribution in [0.3, 0.4) is 0 Å². The molecule has 3 aromatic rings. The van der Waals surface area contributed by atoms with Crippen molar-refractivity contribution in [1.82, 2.24) is 5.43 Å². The molecule has 1 N–H and O–H groups in total. The molecule has 5 nitrogen and oxygen atoms in total. The molecule has 0 heterocycles. The van der Waals surface area contributed by atoms with Gasteiger partial charge in [-0.2, -0.15) is 5.10 Å². The zero-order valence-corrected chi connectivity index (χ0v) is 15.7. The van der Waals surface area contributed by atoms with E-state index in [0.29, 0.717) is 12.4 Å². The summed E-state index contributed by atoms with van der Waals surface area (Å²) in [6.45, 7) is 2.40. The van der Waals surface area contributed by atoms with Gasteiger partial charge >= 0.3 is 0 Å². The van der Waals surface area contributed by atoms with E-state index in [0.717, 1.165) is 22.4 Å². The Kier molecular flexibility index (Phi) is 6.79. The van der Waals surface area contributed by atoms with Gasteiger partial charge in [-0.05, 0) is 60.0 Å². The molecule has 0 aliphatic rings. The van der Waals surface area contributed by atoms with Crippen molar-refractivity contribution in [2.24, 2.45) is 5.10 Å². The Morgan fingerprint density at radius 1 is 0.929 bits per heavy atom. The maximum atomic E-state index is 11.8. The molecule has 142 valence electrons. The van der Waals surface area contributed by atoms with Crippen molar-refractivity contribution in [3.05, 3.63) is 95.6 Å². The van der Waals surface area contributed by atoms with Gasteiger partial charge in [0.2, 0.25) is 0 Å². The third-order valence-corrected chi connectivity index (χ3v) is 3.89. The van der Waals surface area contributed by atoms with E-state index in [9.17, 15) is 4.79 Å². The number of aryl methyl sites for hydroxylation is 1. The molecular weight excluding hydrogens is 352 g/mol. The number of hydrogen-bond donors (Lipinski definition) is 1. The van der Waals surface area contributed by atoms with E-state index >= 15 is 0 Å². The fraction of sp³-hybridized carbons (Fsp3) is 0.130. The topological polar surface area (TPSA) is 59.9 Å². The quantitative estimate of drug-likeness (QED) is 0.477. The first-order chi connectivity index (χ1) is 13.7. The van der Waals surface area contributed by atoms with E-state index in [1.807, 2.05) is 85.8 Å². The lowest BCUT2D eigenvalue weighted by Gasteiger charge is -2.06. The van der Waals surface area contributed by atoms with Gasteiger partial charge in [-0.25, -0.2) is 5.43 Å². The van der Waals surface area contributed by atoms with Gasteiger partial charge in [0, 0.05) is 0 Å². The summed E-state index contributed by atoms with van der Waals surface area (Å²) in [5.41, 5.74) is 5.50. The van der Waals surface area contributed by atoms with Crippen molar-refractivity contribution in [3.8, 4) is 11.5 Å². The number of hydrogen-bond acceptors (Lipinski definition) is 4. The number of benzene rings is 3. The Morgan fingerprint density at radius 2 is 1.71 bits per heavy atom. The predicted octanol–water partition coefficient (Wildman–Crippen LogP) is 4.10. The molecule has 3 rings (SSSR count). The Hall–Kier alpha value is -3.60. The van der Waals surface area contributed by atoms with Crippen LogP contribution < -0.4 is 14.9 Å². The molecular formula is C23H22N2O3. The van der Waals surface area contributed by atoms with Crippen LogP contribution in [0.1, 0.15) is 16.7 Å². The first-order valence-electron chi connectivity index (χ1n) is 8.97. The molecule has 3 aromatic carbocycles. The molecule has 0 saturated carbocycles. The van der Waals surface area contributed by atoms with Gasteiger partial charge in [-0.15, -0.1) is 0 Å². The zero-order valence-electron chi connectivity index (χ0n) is 15.7. The molecule has 28 heavy (non-hydrogen) atoms. The fourth-order valence-electron chi connectivity index (χ4n) is 2.46. The third kappa shape index (κ3) is 6.29. The summed E-state index contributed by atoms with van der Waals surface area (Å²) in [7, 11) is 0. The summed E-state index contributed by atoms with van der Waals surface area (Å²) < 4.78 is 11.2. The molecule has 0 spiro atoms.